The highest BCUT2D eigenvalue weighted by Gasteiger charge is 2.21. The molecular formula is C22H27N3O5. The molecule has 1 fully saturated rings. The molecule has 2 aromatic rings. The van der Waals surface area contributed by atoms with Gasteiger partial charge in [0.1, 0.15) is 17.9 Å². The van der Waals surface area contributed by atoms with Gasteiger partial charge in [0.2, 0.25) is 0 Å². The average molecular weight is 413 g/mol. The average Bonchev–Trinajstić information content (AvgIpc) is 3.57. The Morgan fingerprint density at radius 3 is 2.73 bits per heavy atom. The van der Waals surface area contributed by atoms with Gasteiger partial charge in [-0.05, 0) is 36.1 Å². The van der Waals surface area contributed by atoms with Crippen LogP contribution >= 0.6 is 0 Å². The molecule has 1 saturated carbocycles. The van der Waals surface area contributed by atoms with Gasteiger partial charge in [-0.1, -0.05) is 25.0 Å². The van der Waals surface area contributed by atoms with Crippen LogP contribution in [0.3, 0.4) is 0 Å². The molecule has 0 saturated heterocycles. The molecule has 2 amide bonds. The molecule has 1 aromatic heterocycles. The van der Waals surface area contributed by atoms with E-state index in [0.29, 0.717) is 18.2 Å². The molecule has 0 bridgehead atoms. The summed E-state index contributed by atoms with van der Waals surface area (Å²) in [4.78, 5) is 37.6. The van der Waals surface area contributed by atoms with Crippen molar-refractivity contribution in [3.8, 4) is 5.75 Å². The van der Waals surface area contributed by atoms with Crippen molar-refractivity contribution in [2.24, 2.45) is 5.92 Å². The number of amides is 2. The third-order valence-corrected chi connectivity index (χ3v) is 4.97. The number of ether oxygens (including phenoxy) is 1. The minimum atomic E-state index is -0.540. The summed E-state index contributed by atoms with van der Waals surface area (Å²) in [5.74, 6) is 0.409. The van der Waals surface area contributed by atoms with Gasteiger partial charge in [-0.25, -0.2) is 0 Å². The number of nitrogens with one attached hydrogen (secondary N) is 2. The topological polar surface area (TPSA) is 110 Å². The van der Waals surface area contributed by atoms with Crippen molar-refractivity contribution in [2.45, 2.75) is 25.8 Å². The summed E-state index contributed by atoms with van der Waals surface area (Å²) in [6.07, 6.45) is 4.84. The van der Waals surface area contributed by atoms with Crippen molar-refractivity contribution in [1.29, 1.82) is 0 Å². The van der Waals surface area contributed by atoms with Crippen LogP contribution in [0.1, 0.15) is 45.5 Å². The fourth-order valence-electron chi connectivity index (χ4n) is 3.17. The van der Waals surface area contributed by atoms with Crippen LogP contribution in [-0.2, 0) is 6.54 Å². The molecule has 8 heteroatoms. The number of aliphatic hydroxyl groups excluding tert-OH is 1. The lowest BCUT2D eigenvalue weighted by Gasteiger charge is -2.13. The highest BCUT2D eigenvalue weighted by molar-refractivity contribution is 5.99. The number of carbonyl (C=O) groups excluding carboxylic acids is 2. The Kier molecular flexibility index (Phi) is 7.24. The molecule has 1 aliphatic rings. The molecule has 1 heterocycles. The zero-order chi connectivity index (χ0) is 21.5. The number of aromatic nitrogens is 1. The van der Waals surface area contributed by atoms with E-state index in [1.807, 2.05) is 6.07 Å². The maximum atomic E-state index is 12.8. The maximum Gasteiger partial charge on any atom is 0.263 e. The summed E-state index contributed by atoms with van der Waals surface area (Å²) in [5.41, 5.74) is 0.462. The second-order valence-electron chi connectivity index (χ2n) is 7.36. The quantitative estimate of drug-likeness (QED) is 0.541. The summed E-state index contributed by atoms with van der Waals surface area (Å²) in [7, 11) is 1.44. The SMILES string of the molecule is CNC(=O)c1cc(C(=O)NCCC2CC2)cn(Cc2cccc(OCCO)c2)c1=O. The Balaban J connectivity index is 1.85. The predicted molar refractivity (Wildman–Crippen MR) is 112 cm³/mol. The van der Waals surface area contributed by atoms with E-state index in [1.165, 1.54) is 36.7 Å². The summed E-state index contributed by atoms with van der Waals surface area (Å²) in [5, 5.41) is 14.2. The van der Waals surface area contributed by atoms with E-state index in [1.54, 1.807) is 18.2 Å². The van der Waals surface area contributed by atoms with E-state index in [2.05, 4.69) is 10.6 Å². The van der Waals surface area contributed by atoms with E-state index >= 15 is 0 Å². The highest BCUT2D eigenvalue weighted by Crippen LogP contribution is 2.31. The Bertz CT molecular complexity index is 965. The van der Waals surface area contributed by atoms with Gasteiger partial charge in [-0.15, -0.1) is 0 Å². The zero-order valence-corrected chi connectivity index (χ0v) is 17.0. The molecule has 0 unspecified atom stereocenters. The number of nitrogens with zero attached hydrogens (tertiary/aromatic N) is 1. The second-order valence-corrected chi connectivity index (χ2v) is 7.36. The molecule has 1 aromatic carbocycles. The van der Waals surface area contributed by atoms with Crippen LogP contribution in [0.4, 0.5) is 0 Å². The summed E-state index contributed by atoms with van der Waals surface area (Å²) >= 11 is 0. The fourth-order valence-corrected chi connectivity index (χ4v) is 3.17. The molecule has 3 rings (SSSR count). The molecule has 0 atom stereocenters. The zero-order valence-electron chi connectivity index (χ0n) is 17.0. The van der Waals surface area contributed by atoms with Gasteiger partial charge >= 0.3 is 0 Å². The minimum Gasteiger partial charge on any atom is -0.491 e. The Labute approximate surface area is 174 Å². The van der Waals surface area contributed by atoms with E-state index in [4.69, 9.17) is 9.84 Å². The lowest BCUT2D eigenvalue weighted by molar-refractivity contribution is 0.0952. The molecule has 30 heavy (non-hydrogen) atoms. The Morgan fingerprint density at radius 2 is 2.03 bits per heavy atom. The first-order chi connectivity index (χ1) is 14.5. The van der Waals surface area contributed by atoms with Gasteiger partial charge in [0.15, 0.2) is 0 Å². The largest absolute Gasteiger partial charge is 0.491 e. The second kappa shape index (κ2) is 10.1. The van der Waals surface area contributed by atoms with Crippen molar-refractivity contribution in [2.75, 3.05) is 26.8 Å². The van der Waals surface area contributed by atoms with Crippen molar-refractivity contribution in [1.82, 2.24) is 15.2 Å². The molecule has 8 nitrogen and oxygen atoms in total. The first-order valence-electron chi connectivity index (χ1n) is 10.1. The Hall–Kier alpha value is -3.13. The number of benzene rings is 1. The lowest BCUT2D eigenvalue weighted by Crippen LogP contribution is -2.34. The van der Waals surface area contributed by atoms with Crippen LogP contribution in [0.15, 0.2) is 41.3 Å². The number of carbonyl (C=O) groups is 2. The van der Waals surface area contributed by atoms with Crippen LogP contribution in [-0.4, -0.2) is 48.3 Å². The molecular weight excluding hydrogens is 386 g/mol. The first kappa shape index (κ1) is 21.6. The minimum absolute atomic E-state index is 0.0833. The van der Waals surface area contributed by atoms with Gasteiger partial charge in [0.05, 0.1) is 18.7 Å². The van der Waals surface area contributed by atoms with Crippen LogP contribution in [0.2, 0.25) is 0 Å². The normalized spacial score (nSPS) is 13.0. The smallest absolute Gasteiger partial charge is 0.263 e. The number of pyridine rings is 1. The third kappa shape index (κ3) is 5.70. The van der Waals surface area contributed by atoms with Gasteiger partial charge in [-0.3, -0.25) is 14.4 Å². The van der Waals surface area contributed by atoms with E-state index in [-0.39, 0.29) is 36.8 Å². The van der Waals surface area contributed by atoms with Crippen molar-refractivity contribution in [3.05, 3.63) is 63.6 Å². The van der Waals surface area contributed by atoms with Gasteiger partial charge in [0, 0.05) is 19.8 Å². The number of hydrogen-bond donors (Lipinski definition) is 3. The molecule has 160 valence electrons. The first-order valence-corrected chi connectivity index (χ1v) is 10.1. The lowest BCUT2D eigenvalue weighted by atomic mass is 10.1. The van der Waals surface area contributed by atoms with Crippen LogP contribution < -0.4 is 20.9 Å². The van der Waals surface area contributed by atoms with Gasteiger partial charge in [-0.2, -0.15) is 0 Å². The van der Waals surface area contributed by atoms with Crippen LogP contribution in [0, 0.1) is 5.92 Å². The number of aliphatic hydroxyl groups is 1. The molecule has 0 radical (unpaired) electrons. The summed E-state index contributed by atoms with van der Waals surface area (Å²) in [6, 6.07) is 8.44. The standard InChI is InChI=1S/C22H27N3O5/c1-23-21(28)19-12-17(20(27)24-8-7-15-5-6-15)14-25(22(19)29)13-16-3-2-4-18(11-16)30-10-9-26/h2-4,11-12,14-15,26H,5-10,13H2,1H3,(H,23,28)(H,24,27). The van der Waals surface area contributed by atoms with Crippen LogP contribution in [0.25, 0.3) is 0 Å². The third-order valence-electron chi connectivity index (χ3n) is 4.97. The predicted octanol–water partition coefficient (Wildman–Crippen LogP) is 1.16. The molecule has 0 aliphatic heterocycles. The van der Waals surface area contributed by atoms with E-state index in [9.17, 15) is 14.4 Å². The fraction of sp³-hybridized carbons (Fsp3) is 0.409. The summed E-state index contributed by atoms with van der Waals surface area (Å²) in [6.45, 7) is 0.808. The van der Waals surface area contributed by atoms with E-state index in [0.717, 1.165) is 12.0 Å². The van der Waals surface area contributed by atoms with Gasteiger partial charge < -0.3 is 25.0 Å². The summed E-state index contributed by atoms with van der Waals surface area (Å²) < 4.78 is 6.76. The number of rotatable bonds is 10. The van der Waals surface area contributed by atoms with Crippen molar-refractivity contribution >= 4 is 11.8 Å². The monoisotopic (exact) mass is 413 g/mol. The van der Waals surface area contributed by atoms with E-state index < -0.39 is 11.5 Å². The molecule has 3 N–H and O–H groups in total. The maximum absolute atomic E-state index is 12.8. The number of hydrogen-bond acceptors (Lipinski definition) is 5. The molecule has 1 aliphatic carbocycles. The highest BCUT2D eigenvalue weighted by atomic mass is 16.5. The van der Waals surface area contributed by atoms with Gasteiger partial charge in [0.25, 0.3) is 17.4 Å². The van der Waals surface area contributed by atoms with Crippen molar-refractivity contribution < 1.29 is 19.4 Å². The molecule has 0 spiro atoms. The van der Waals surface area contributed by atoms with Crippen LogP contribution in [0.5, 0.6) is 5.75 Å². The van der Waals surface area contributed by atoms with Crippen molar-refractivity contribution in [3.63, 3.8) is 0 Å². The Morgan fingerprint density at radius 1 is 1.23 bits per heavy atom.